The molecule has 1 saturated heterocycles. The van der Waals surface area contributed by atoms with Gasteiger partial charge in [0.25, 0.3) is 0 Å². The Kier molecular flexibility index (Phi) is 6.73. The van der Waals surface area contributed by atoms with Crippen LogP contribution in [0.1, 0.15) is 32.3 Å². The van der Waals surface area contributed by atoms with Gasteiger partial charge in [-0.15, -0.1) is 0 Å². The number of halogens is 1. The van der Waals surface area contributed by atoms with Crippen molar-refractivity contribution in [2.45, 2.75) is 33.6 Å². The Morgan fingerprint density at radius 1 is 1.22 bits per heavy atom. The third-order valence-electron chi connectivity index (χ3n) is 3.00. The van der Waals surface area contributed by atoms with Crippen molar-refractivity contribution in [2.24, 2.45) is 0 Å². The van der Waals surface area contributed by atoms with E-state index in [1.54, 1.807) is 19.1 Å². The molecule has 0 radical (unpaired) electrons. The SMILES string of the molecule is CC.Cc1cc(OCCN2CCCC2)ccc1F. The van der Waals surface area contributed by atoms with Crippen molar-refractivity contribution in [1.82, 2.24) is 4.90 Å². The van der Waals surface area contributed by atoms with Gasteiger partial charge in [0, 0.05) is 6.54 Å². The summed E-state index contributed by atoms with van der Waals surface area (Å²) < 4.78 is 18.6. The number of rotatable bonds is 4. The molecule has 0 saturated carbocycles. The first-order valence-corrected chi connectivity index (χ1v) is 6.87. The summed E-state index contributed by atoms with van der Waals surface area (Å²) in [6.07, 6.45) is 2.60. The summed E-state index contributed by atoms with van der Waals surface area (Å²) in [6, 6.07) is 4.89. The highest BCUT2D eigenvalue weighted by Gasteiger charge is 2.10. The number of hydrogen-bond acceptors (Lipinski definition) is 2. The molecule has 2 nitrogen and oxygen atoms in total. The molecule has 0 N–H and O–H groups in total. The van der Waals surface area contributed by atoms with Crippen LogP contribution >= 0.6 is 0 Å². The molecular formula is C15H24FNO. The van der Waals surface area contributed by atoms with E-state index in [4.69, 9.17) is 4.74 Å². The minimum atomic E-state index is -0.174. The second-order valence-corrected chi connectivity index (χ2v) is 4.31. The predicted molar refractivity (Wildman–Crippen MR) is 73.7 cm³/mol. The molecule has 1 aliphatic heterocycles. The molecule has 0 spiro atoms. The van der Waals surface area contributed by atoms with Crippen molar-refractivity contribution in [3.8, 4) is 5.75 Å². The molecule has 102 valence electrons. The maximum atomic E-state index is 13.0. The van der Waals surface area contributed by atoms with Gasteiger partial charge < -0.3 is 4.74 Å². The Hall–Kier alpha value is -1.09. The summed E-state index contributed by atoms with van der Waals surface area (Å²) in [6.45, 7) is 9.78. The third-order valence-corrected chi connectivity index (χ3v) is 3.00. The molecule has 0 aromatic heterocycles. The summed E-state index contributed by atoms with van der Waals surface area (Å²) in [4.78, 5) is 2.40. The molecule has 3 heteroatoms. The maximum absolute atomic E-state index is 13.0. The molecule has 1 aromatic carbocycles. The average Bonchev–Trinajstić information content (AvgIpc) is 2.89. The van der Waals surface area contributed by atoms with Crippen LogP contribution in [0.25, 0.3) is 0 Å². The lowest BCUT2D eigenvalue weighted by molar-refractivity contribution is 0.237. The molecule has 18 heavy (non-hydrogen) atoms. The molecule has 1 aromatic rings. The Bertz CT molecular complexity index is 348. The maximum Gasteiger partial charge on any atom is 0.126 e. The molecule has 0 aliphatic carbocycles. The van der Waals surface area contributed by atoms with Gasteiger partial charge in [-0.1, -0.05) is 13.8 Å². The Morgan fingerprint density at radius 2 is 1.89 bits per heavy atom. The standard InChI is InChI=1S/C13H18FNO.C2H6/c1-11-10-12(4-5-13(11)14)16-9-8-15-6-2-3-7-15;1-2/h4-5,10H,2-3,6-9H2,1H3;1-2H3. The van der Waals surface area contributed by atoms with E-state index in [0.29, 0.717) is 12.2 Å². The Labute approximate surface area is 110 Å². The van der Waals surface area contributed by atoms with Crippen molar-refractivity contribution in [3.05, 3.63) is 29.6 Å². The minimum absolute atomic E-state index is 0.174. The molecule has 1 aliphatic rings. The number of nitrogens with zero attached hydrogens (tertiary/aromatic N) is 1. The van der Waals surface area contributed by atoms with Crippen LogP contribution in [0.4, 0.5) is 4.39 Å². The smallest absolute Gasteiger partial charge is 0.126 e. The Morgan fingerprint density at radius 3 is 2.50 bits per heavy atom. The van der Waals surface area contributed by atoms with Crippen LogP contribution in [0.15, 0.2) is 18.2 Å². The fourth-order valence-corrected chi connectivity index (χ4v) is 2.01. The third kappa shape index (κ3) is 4.65. The van der Waals surface area contributed by atoms with Gasteiger partial charge >= 0.3 is 0 Å². The zero-order valence-electron chi connectivity index (χ0n) is 11.7. The number of likely N-dealkylation sites (tertiary alicyclic amines) is 1. The van der Waals surface area contributed by atoms with Crippen LogP contribution < -0.4 is 4.74 Å². The van der Waals surface area contributed by atoms with Crippen molar-refractivity contribution in [2.75, 3.05) is 26.2 Å². The van der Waals surface area contributed by atoms with Crippen LogP contribution in [-0.2, 0) is 0 Å². The normalized spacial score (nSPS) is 15.1. The van der Waals surface area contributed by atoms with E-state index in [9.17, 15) is 4.39 Å². The molecule has 0 atom stereocenters. The molecule has 1 heterocycles. The number of ether oxygens (including phenoxy) is 1. The largest absolute Gasteiger partial charge is 0.492 e. The van der Waals surface area contributed by atoms with Crippen molar-refractivity contribution in [1.29, 1.82) is 0 Å². The average molecular weight is 253 g/mol. The first-order chi connectivity index (χ1) is 8.75. The van der Waals surface area contributed by atoms with Crippen LogP contribution in [0.5, 0.6) is 5.75 Å². The highest BCUT2D eigenvalue weighted by Crippen LogP contribution is 2.16. The van der Waals surface area contributed by atoms with Crippen molar-refractivity contribution < 1.29 is 9.13 Å². The van der Waals surface area contributed by atoms with Gasteiger partial charge in [-0.05, 0) is 56.6 Å². The summed E-state index contributed by atoms with van der Waals surface area (Å²) >= 11 is 0. The van der Waals surface area contributed by atoms with Gasteiger partial charge in [-0.2, -0.15) is 0 Å². The molecule has 0 amide bonds. The van der Waals surface area contributed by atoms with Gasteiger partial charge in [-0.3, -0.25) is 4.90 Å². The number of benzene rings is 1. The van der Waals surface area contributed by atoms with Crippen LogP contribution in [0.3, 0.4) is 0 Å². The quantitative estimate of drug-likeness (QED) is 0.812. The first-order valence-electron chi connectivity index (χ1n) is 6.87. The lowest BCUT2D eigenvalue weighted by Gasteiger charge is -2.15. The van der Waals surface area contributed by atoms with E-state index in [0.717, 1.165) is 12.3 Å². The van der Waals surface area contributed by atoms with Crippen LogP contribution in [-0.4, -0.2) is 31.1 Å². The van der Waals surface area contributed by atoms with Gasteiger partial charge in [0.1, 0.15) is 18.2 Å². The second-order valence-electron chi connectivity index (χ2n) is 4.31. The molecular weight excluding hydrogens is 229 g/mol. The topological polar surface area (TPSA) is 12.5 Å². The van der Waals surface area contributed by atoms with Crippen LogP contribution in [0.2, 0.25) is 0 Å². The van der Waals surface area contributed by atoms with E-state index in [1.807, 2.05) is 13.8 Å². The Balaban J connectivity index is 0.000000771. The number of aryl methyl sites for hydroxylation is 1. The summed E-state index contributed by atoms with van der Waals surface area (Å²) in [5, 5.41) is 0. The van der Waals surface area contributed by atoms with E-state index < -0.39 is 0 Å². The zero-order valence-corrected chi connectivity index (χ0v) is 11.7. The molecule has 2 rings (SSSR count). The van der Waals surface area contributed by atoms with Gasteiger partial charge in [0.05, 0.1) is 0 Å². The molecule has 1 fully saturated rings. The highest BCUT2D eigenvalue weighted by atomic mass is 19.1. The van der Waals surface area contributed by atoms with Crippen molar-refractivity contribution >= 4 is 0 Å². The fourth-order valence-electron chi connectivity index (χ4n) is 2.01. The van der Waals surface area contributed by atoms with Gasteiger partial charge in [-0.25, -0.2) is 4.39 Å². The molecule has 0 bridgehead atoms. The van der Waals surface area contributed by atoms with Gasteiger partial charge in [0.2, 0.25) is 0 Å². The predicted octanol–water partition coefficient (Wildman–Crippen LogP) is 3.63. The van der Waals surface area contributed by atoms with Crippen LogP contribution in [0, 0.1) is 12.7 Å². The monoisotopic (exact) mass is 253 g/mol. The zero-order chi connectivity index (χ0) is 13.4. The minimum Gasteiger partial charge on any atom is -0.492 e. The summed E-state index contributed by atoms with van der Waals surface area (Å²) in [5.41, 5.74) is 0.638. The molecule has 0 unspecified atom stereocenters. The van der Waals surface area contributed by atoms with E-state index in [2.05, 4.69) is 4.90 Å². The summed E-state index contributed by atoms with van der Waals surface area (Å²) in [7, 11) is 0. The second kappa shape index (κ2) is 8.09. The summed E-state index contributed by atoms with van der Waals surface area (Å²) in [5.74, 6) is 0.588. The van der Waals surface area contributed by atoms with E-state index in [1.165, 1.54) is 32.0 Å². The van der Waals surface area contributed by atoms with E-state index >= 15 is 0 Å². The van der Waals surface area contributed by atoms with Crippen molar-refractivity contribution in [3.63, 3.8) is 0 Å². The fraction of sp³-hybridized carbons (Fsp3) is 0.600. The highest BCUT2D eigenvalue weighted by molar-refractivity contribution is 5.28. The lowest BCUT2D eigenvalue weighted by atomic mass is 10.2. The first kappa shape index (κ1) is 15.0. The number of hydrogen-bond donors (Lipinski definition) is 0. The van der Waals surface area contributed by atoms with Gasteiger partial charge in [0.15, 0.2) is 0 Å². The van der Waals surface area contributed by atoms with E-state index in [-0.39, 0.29) is 5.82 Å². The lowest BCUT2D eigenvalue weighted by Crippen LogP contribution is -2.25.